The van der Waals surface area contributed by atoms with Crippen molar-refractivity contribution in [2.75, 3.05) is 20.4 Å². The molecule has 1 aromatic carbocycles. The van der Waals surface area contributed by atoms with Crippen molar-refractivity contribution in [3.05, 3.63) is 41.3 Å². The number of benzene rings is 1. The molecule has 1 aromatic heterocycles. The van der Waals surface area contributed by atoms with E-state index in [1.807, 2.05) is 23.1 Å². The number of ether oxygens (including phenoxy) is 2. The summed E-state index contributed by atoms with van der Waals surface area (Å²) in [6.07, 6.45) is 4.05. The Morgan fingerprint density at radius 3 is 2.66 bits per heavy atom. The van der Waals surface area contributed by atoms with Crippen LogP contribution in [0.3, 0.4) is 0 Å². The SMILES string of the molecule is CN(CC(=O)N(Cc1ccc2c(c1)OCO2)C1CCCC1)S(=O)(=O)c1cccs1. The van der Waals surface area contributed by atoms with Crippen LogP contribution in [0.5, 0.6) is 11.5 Å². The molecule has 0 unspecified atom stereocenters. The highest BCUT2D eigenvalue weighted by molar-refractivity contribution is 7.91. The van der Waals surface area contributed by atoms with Crippen LogP contribution >= 0.6 is 11.3 Å². The monoisotopic (exact) mass is 436 g/mol. The summed E-state index contributed by atoms with van der Waals surface area (Å²) in [6, 6.07) is 9.05. The second kappa shape index (κ2) is 8.33. The summed E-state index contributed by atoms with van der Waals surface area (Å²) >= 11 is 1.15. The van der Waals surface area contributed by atoms with Crippen LogP contribution in [-0.2, 0) is 21.4 Å². The molecule has 1 fully saturated rings. The van der Waals surface area contributed by atoms with Gasteiger partial charge in [-0.05, 0) is 42.0 Å². The van der Waals surface area contributed by atoms with E-state index in [1.54, 1.807) is 17.5 Å². The van der Waals surface area contributed by atoms with Crippen molar-refractivity contribution in [1.82, 2.24) is 9.21 Å². The average Bonchev–Trinajstić information content (AvgIpc) is 3.48. The summed E-state index contributed by atoms with van der Waals surface area (Å²) in [6.45, 7) is 0.448. The summed E-state index contributed by atoms with van der Waals surface area (Å²) in [7, 11) is -2.20. The van der Waals surface area contributed by atoms with Gasteiger partial charge in [0.25, 0.3) is 10.0 Å². The molecule has 0 atom stereocenters. The Hall–Kier alpha value is -2.10. The first kappa shape index (κ1) is 20.2. The van der Waals surface area contributed by atoms with E-state index in [1.165, 1.54) is 7.05 Å². The largest absolute Gasteiger partial charge is 0.454 e. The molecule has 0 radical (unpaired) electrons. The van der Waals surface area contributed by atoms with Crippen molar-refractivity contribution >= 4 is 27.3 Å². The first-order valence-electron chi connectivity index (χ1n) is 9.63. The molecule has 1 amide bonds. The van der Waals surface area contributed by atoms with Crippen molar-refractivity contribution in [1.29, 1.82) is 0 Å². The van der Waals surface area contributed by atoms with Crippen molar-refractivity contribution in [2.24, 2.45) is 0 Å². The van der Waals surface area contributed by atoms with E-state index < -0.39 is 10.0 Å². The third-order valence-corrected chi connectivity index (χ3v) is 8.57. The Balaban J connectivity index is 1.51. The number of thiophene rings is 1. The van der Waals surface area contributed by atoms with Crippen LogP contribution in [0, 0.1) is 0 Å². The van der Waals surface area contributed by atoms with Gasteiger partial charge < -0.3 is 14.4 Å². The normalized spacial score (nSPS) is 16.5. The standard InChI is InChI=1S/C20H24N2O5S2/c1-21(29(24,25)20-7-4-10-28-20)13-19(23)22(16-5-2-3-6-16)12-15-8-9-17-18(11-15)27-14-26-17/h4,7-11,16H,2-3,5-6,12-14H2,1H3. The molecule has 0 spiro atoms. The Morgan fingerprint density at radius 1 is 1.17 bits per heavy atom. The van der Waals surface area contributed by atoms with Crippen molar-refractivity contribution in [2.45, 2.75) is 42.5 Å². The fraction of sp³-hybridized carbons (Fsp3) is 0.450. The molecular formula is C20H24N2O5S2. The molecule has 1 saturated carbocycles. The molecule has 1 aliphatic carbocycles. The zero-order chi connectivity index (χ0) is 20.4. The van der Waals surface area contributed by atoms with Crippen LogP contribution in [-0.4, -0.2) is 50.0 Å². The zero-order valence-electron chi connectivity index (χ0n) is 16.2. The fourth-order valence-electron chi connectivity index (χ4n) is 3.80. The number of hydrogen-bond donors (Lipinski definition) is 0. The molecule has 0 bridgehead atoms. The van der Waals surface area contributed by atoms with Gasteiger partial charge in [-0.15, -0.1) is 11.3 Å². The number of hydrogen-bond acceptors (Lipinski definition) is 6. The minimum atomic E-state index is -3.66. The molecule has 4 rings (SSSR count). The van der Waals surface area contributed by atoms with Gasteiger partial charge in [-0.2, -0.15) is 4.31 Å². The number of fused-ring (bicyclic) bond motifs is 1. The second-order valence-electron chi connectivity index (χ2n) is 7.34. The van der Waals surface area contributed by atoms with Crippen LogP contribution in [0.4, 0.5) is 0 Å². The van der Waals surface area contributed by atoms with Gasteiger partial charge in [0.1, 0.15) is 4.21 Å². The molecule has 7 nitrogen and oxygen atoms in total. The lowest BCUT2D eigenvalue weighted by Crippen LogP contribution is -2.44. The van der Waals surface area contributed by atoms with Crippen LogP contribution in [0.25, 0.3) is 0 Å². The number of carbonyl (C=O) groups is 1. The molecule has 9 heteroatoms. The van der Waals surface area contributed by atoms with Crippen LogP contribution in [0.1, 0.15) is 31.2 Å². The lowest BCUT2D eigenvalue weighted by atomic mass is 10.1. The average molecular weight is 437 g/mol. The third kappa shape index (κ3) is 4.26. The first-order chi connectivity index (χ1) is 13.9. The minimum Gasteiger partial charge on any atom is -0.454 e. The van der Waals surface area contributed by atoms with E-state index in [2.05, 4.69) is 0 Å². The summed E-state index contributed by atoms with van der Waals surface area (Å²) in [5.74, 6) is 1.20. The first-order valence-corrected chi connectivity index (χ1v) is 11.9. The van der Waals surface area contributed by atoms with Crippen molar-refractivity contribution < 1.29 is 22.7 Å². The predicted molar refractivity (Wildman–Crippen MR) is 110 cm³/mol. The molecular weight excluding hydrogens is 412 g/mol. The number of nitrogens with zero attached hydrogens (tertiary/aromatic N) is 2. The Labute approximate surface area is 174 Å². The van der Waals surface area contributed by atoms with Gasteiger partial charge in [0.15, 0.2) is 11.5 Å². The van der Waals surface area contributed by atoms with Gasteiger partial charge in [-0.1, -0.05) is 25.0 Å². The highest BCUT2D eigenvalue weighted by Gasteiger charge is 2.31. The highest BCUT2D eigenvalue weighted by atomic mass is 32.2. The number of carbonyl (C=O) groups excluding carboxylic acids is 1. The molecule has 1 aliphatic heterocycles. The summed E-state index contributed by atoms with van der Waals surface area (Å²) in [5, 5.41) is 1.72. The van der Waals surface area contributed by atoms with Crippen molar-refractivity contribution in [3.63, 3.8) is 0 Å². The maximum Gasteiger partial charge on any atom is 0.252 e. The molecule has 2 heterocycles. The predicted octanol–water partition coefficient (Wildman–Crippen LogP) is 3.07. The lowest BCUT2D eigenvalue weighted by Gasteiger charge is -2.30. The molecule has 0 saturated heterocycles. The van der Waals surface area contributed by atoms with Crippen LogP contribution < -0.4 is 9.47 Å². The zero-order valence-corrected chi connectivity index (χ0v) is 17.9. The van der Waals surface area contributed by atoms with E-state index >= 15 is 0 Å². The van der Waals surface area contributed by atoms with E-state index in [9.17, 15) is 13.2 Å². The van der Waals surface area contributed by atoms with Crippen LogP contribution in [0.15, 0.2) is 39.9 Å². The maximum absolute atomic E-state index is 13.2. The summed E-state index contributed by atoms with van der Waals surface area (Å²) in [5.41, 5.74) is 0.943. The van der Waals surface area contributed by atoms with E-state index in [0.717, 1.165) is 46.9 Å². The van der Waals surface area contributed by atoms with Gasteiger partial charge in [0, 0.05) is 19.6 Å². The van der Waals surface area contributed by atoms with Gasteiger partial charge >= 0.3 is 0 Å². The summed E-state index contributed by atoms with van der Waals surface area (Å²) < 4.78 is 37.6. The molecule has 2 aliphatic rings. The molecule has 156 valence electrons. The quantitative estimate of drug-likeness (QED) is 0.667. The van der Waals surface area contributed by atoms with Gasteiger partial charge in [-0.25, -0.2) is 8.42 Å². The maximum atomic E-state index is 13.2. The van der Waals surface area contributed by atoms with Gasteiger partial charge in [0.05, 0.1) is 6.54 Å². The van der Waals surface area contributed by atoms with Gasteiger partial charge in [0.2, 0.25) is 12.7 Å². The highest BCUT2D eigenvalue weighted by Crippen LogP contribution is 2.34. The molecule has 0 N–H and O–H groups in total. The number of rotatable bonds is 7. The molecule has 2 aromatic rings. The minimum absolute atomic E-state index is 0.130. The van der Waals surface area contributed by atoms with E-state index in [4.69, 9.17) is 9.47 Å². The number of amides is 1. The fourth-order valence-corrected chi connectivity index (χ4v) is 6.12. The summed E-state index contributed by atoms with van der Waals surface area (Å²) in [4.78, 5) is 15.0. The smallest absolute Gasteiger partial charge is 0.252 e. The number of sulfonamides is 1. The Bertz CT molecular complexity index is 969. The second-order valence-corrected chi connectivity index (χ2v) is 10.6. The van der Waals surface area contributed by atoms with Crippen molar-refractivity contribution in [3.8, 4) is 11.5 Å². The van der Waals surface area contributed by atoms with Crippen LogP contribution in [0.2, 0.25) is 0 Å². The third-order valence-electron chi connectivity index (χ3n) is 5.39. The Morgan fingerprint density at radius 2 is 1.93 bits per heavy atom. The number of likely N-dealkylation sites (N-methyl/N-ethyl adjacent to an activating group) is 1. The lowest BCUT2D eigenvalue weighted by molar-refractivity contribution is -0.134. The van der Waals surface area contributed by atoms with E-state index in [-0.39, 0.29) is 29.5 Å². The topological polar surface area (TPSA) is 76.2 Å². The van der Waals surface area contributed by atoms with E-state index in [0.29, 0.717) is 18.0 Å². The van der Waals surface area contributed by atoms with Gasteiger partial charge in [-0.3, -0.25) is 4.79 Å². The Kier molecular flexibility index (Phi) is 5.80. The molecule has 29 heavy (non-hydrogen) atoms.